The molecule has 1 saturated heterocycles. The first-order chi connectivity index (χ1) is 15.1. The van der Waals surface area contributed by atoms with Crippen LogP contribution in [0, 0.1) is 11.8 Å². The van der Waals surface area contributed by atoms with Crippen molar-refractivity contribution in [3.8, 4) is 0 Å². The summed E-state index contributed by atoms with van der Waals surface area (Å²) >= 11 is 0. The summed E-state index contributed by atoms with van der Waals surface area (Å²) in [6.45, 7) is 5.15. The van der Waals surface area contributed by atoms with E-state index < -0.39 is 0 Å². The largest absolute Gasteiger partial charge is 0.446 e. The van der Waals surface area contributed by atoms with E-state index in [-0.39, 0.29) is 18.2 Å². The lowest BCUT2D eigenvalue weighted by molar-refractivity contribution is -0.00177. The molecule has 0 unspecified atom stereocenters. The second kappa shape index (κ2) is 10.3. The van der Waals surface area contributed by atoms with E-state index >= 15 is 0 Å². The van der Waals surface area contributed by atoms with Crippen molar-refractivity contribution in [2.45, 2.75) is 83.8 Å². The zero-order chi connectivity index (χ0) is 21.6. The average molecular weight is 426 g/mol. The van der Waals surface area contributed by atoms with Gasteiger partial charge >= 0.3 is 6.09 Å². The Morgan fingerprint density at radius 1 is 1.13 bits per heavy atom. The summed E-state index contributed by atoms with van der Waals surface area (Å²) < 4.78 is 11.6. The molecule has 168 valence electrons. The number of benzene rings is 1. The molecule has 0 bridgehead atoms. The molecule has 1 aliphatic heterocycles. The molecule has 0 N–H and O–H groups in total. The molecule has 1 saturated carbocycles. The van der Waals surface area contributed by atoms with E-state index in [1.165, 1.54) is 12.0 Å². The summed E-state index contributed by atoms with van der Waals surface area (Å²) in [5, 5.41) is 4.17. The predicted octanol–water partition coefficient (Wildman–Crippen LogP) is 5.73. The van der Waals surface area contributed by atoms with Crippen LogP contribution in [0.3, 0.4) is 0 Å². The smallest absolute Gasteiger partial charge is 0.410 e. The molecular formula is C25H35N3O3. The fourth-order valence-electron chi connectivity index (χ4n) is 5.07. The number of carbonyl (C=O) groups is 1. The minimum atomic E-state index is -0.219. The first kappa shape index (κ1) is 21.8. The summed E-state index contributed by atoms with van der Waals surface area (Å²) in [7, 11) is 0. The second-order valence-electron chi connectivity index (χ2n) is 9.35. The van der Waals surface area contributed by atoms with Gasteiger partial charge in [-0.05, 0) is 62.3 Å². The topological polar surface area (TPSA) is 68.5 Å². The molecule has 2 aliphatic rings. The number of aryl methyl sites for hydroxylation is 2. The third-order valence-electron chi connectivity index (χ3n) is 6.83. The Hall–Kier alpha value is -2.37. The molecule has 2 heterocycles. The molecule has 31 heavy (non-hydrogen) atoms. The zero-order valence-electron chi connectivity index (χ0n) is 18.8. The summed E-state index contributed by atoms with van der Waals surface area (Å²) in [6.07, 6.45) is 8.81. The van der Waals surface area contributed by atoms with Crippen molar-refractivity contribution in [3.05, 3.63) is 47.6 Å². The van der Waals surface area contributed by atoms with E-state index in [0.29, 0.717) is 24.3 Å². The lowest BCUT2D eigenvalue weighted by Crippen LogP contribution is -2.39. The molecule has 3 atom stereocenters. The highest BCUT2D eigenvalue weighted by molar-refractivity contribution is 5.68. The number of likely N-dealkylation sites (tertiary alicyclic amines) is 1. The predicted molar refractivity (Wildman–Crippen MR) is 119 cm³/mol. The van der Waals surface area contributed by atoms with E-state index in [9.17, 15) is 4.79 Å². The Kier molecular flexibility index (Phi) is 7.25. The molecule has 0 radical (unpaired) electrons. The quantitative estimate of drug-likeness (QED) is 0.566. The monoisotopic (exact) mass is 425 g/mol. The van der Waals surface area contributed by atoms with Crippen LogP contribution in [0.25, 0.3) is 0 Å². The lowest BCUT2D eigenvalue weighted by atomic mass is 9.79. The minimum Gasteiger partial charge on any atom is -0.446 e. The van der Waals surface area contributed by atoms with Gasteiger partial charge in [-0.25, -0.2) is 4.79 Å². The molecule has 1 amide bonds. The van der Waals surface area contributed by atoms with E-state index in [1.54, 1.807) is 4.90 Å². The maximum Gasteiger partial charge on any atom is 0.410 e. The van der Waals surface area contributed by atoms with Crippen molar-refractivity contribution in [2.24, 2.45) is 11.8 Å². The van der Waals surface area contributed by atoms with Crippen molar-refractivity contribution in [3.63, 3.8) is 0 Å². The Labute approximate surface area is 185 Å². The molecule has 0 spiro atoms. The van der Waals surface area contributed by atoms with Gasteiger partial charge in [-0.2, -0.15) is 4.98 Å². The van der Waals surface area contributed by atoms with Crippen molar-refractivity contribution in [1.82, 2.24) is 15.0 Å². The van der Waals surface area contributed by atoms with E-state index in [0.717, 1.165) is 57.2 Å². The summed E-state index contributed by atoms with van der Waals surface area (Å²) in [5.41, 5.74) is 1.32. The number of amides is 1. The highest BCUT2D eigenvalue weighted by Crippen LogP contribution is 2.35. The molecule has 6 nitrogen and oxygen atoms in total. The van der Waals surface area contributed by atoms with Gasteiger partial charge < -0.3 is 9.26 Å². The van der Waals surface area contributed by atoms with Crippen LogP contribution in [0.1, 0.15) is 82.1 Å². The van der Waals surface area contributed by atoms with Gasteiger partial charge in [0, 0.05) is 13.0 Å². The van der Waals surface area contributed by atoms with Crippen molar-refractivity contribution < 1.29 is 14.1 Å². The Bertz CT molecular complexity index is 836. The second-order valence-corrected chi connectivity index (χ2v) is 9.35. The number of rotatable bonds is 7. The lowest BCUT2D eigenvalue weighted by Gasteiger charge is -2.35. The van der Waals surface area contributed by atoms with E-state index in [2.05, 4.69) is 48.3 Å². The van der Waals surface area contributed by atoms with Crippen LogP contribution in [0.5, 0.6) is 0 Å². The van der Waals surface area contributed by atoms with Gasteiger partial charge in [0.2, 0.25) is 5.89 Å². The fraction of sp³-hybridized carbons (Fsp3) is 0.640. The Balaban J connectivity index is 1.33. The van der Waals surface area contributed by atoms with E-state index in [4.69, 9.17) is 9.26 Å². The Morgan fingerprint density at radius 2 is 1.94 bits per heavy atom. The Morgan fingerprint density at radius 3 is 2.74 bits per heavy atom. The van der Waals surface area contributed by atoms with Gasteiger partial charge in [-0.1, -0.05) is 55.8 Å². The molecule has 6 heteroatoms. The number of hydrogen-bond donors (Lipinski definition) is 0. The SMILES string of the molecule is CC(C)[C@@H]1CCCC[C@H]1OC(=O)N1CCC[C@H]1c1nc(CCCc2ccccc2)no1. The minimum absolute atomic E-state index is 0.0266. The standard InChI is InChI=1S/C25H35N3O3/c1-18(2)20-13-6-7-15-22(20)30-25(29)28-17-9-14-21(28)24-26-23(27-31-24)16-8-12-19-10-4-3-5-11-19/h3-5,10-11,18,20-22H,6-9,12-17H2,1-2H3/t20-,21-,22+/m0/s1. The van der Waals surface area contributed by atoms with Gasteiger partial charge in [0.25, 0.3) is 0 Å². The molecule has 2 aromatic rings. The third kappa shape index (κ3) is 5.46. The molecule has 4 rings (SSSR count). The van der Waals surface area contributed by atoms with Crippen molar-refractivity contribution >= 4 is 6.09 Å². The molecule has 1 aliphatic carbocycles. The van der Waals surface area contributed by atoms with Crippen LogP contribution < -0.4 is 0 Å². The van der Waals surface area contributed by atoms with Crippen LogP contribution in [-0.4, -0.2) is 33.8 Å². The van der Waals surface area contributed by atoms with Crippen molar-refractivity contribution in [1.29, 1.82) is 0 Å². The van der Waals surface area contributed by atoms with Crippen LogP contribution in [0.4, 0.5) is 4.79 Å². The van der Waals surface area contributed by atoms with Gasteiger partial charge in [0.05, 0.1) is 0 Å². The van der Waals surface area contributed by atoms with Crippen LogP contribution >= 0.6 is 0 Å². The first-order valence-corrected chi connectivity index (χ1v) is 12.0. The molecule has 2 fully saturated rings. The summed E-state index contributed by atoms with van der Waals surface area (Å²) in [5.74, 6) is 2.26. The van der Waals surface area contributed by atoms with Crippen LogP contribution in [0.2, 0.25) is 0 Å². The highest BCUT2D eigenvalue weighted by Gasteiger charge is 2.38. The van der Waals surface area contributed by atoms with Gasteiger partial charge in [-0.3, -0.25) is 4.90 Å². The maximum atomic E-state index is 13.0. The number of hydrogen-bond acceptors (Lipinski definition) is 5. The molecular weight excluding hydrogens is 390 g/mol. The number of ether oxygens (including phenoxy) is 1. The fourth-order valence-corrected chi connectivity index (χ4v) is 5.07. The maximum absolute atomic E-state index is 13.0. The number of carbonyl (C=O) groups excluding carboxylic acids is 1. The highest BCUT2D eigenvalue weighted by atomic mass is 16.6. The van der Waals surface area contributed by atoms with Gasteiger partial charge in [0.1, 0.15) is 12.1 Å². The van der Waals surface area contributed by atoms with Crippen LogP contribution in [0.15, 0.2) is 34.9 Å². The number of aromatic nitrogens is 2. The molecule has 1 aromatic heterocycles. The first-order valence-electron chi connectivity index (χ1n) is 12.0. The average Bonchev–Trinajstić information content (AvgIpc) is 3.44. The molecule has 1 aromatic carbocycles. The van der Waals surface area contributed by atoms with Gasteiger partial charge in [0.15, 0.2) is 5.82 Å². The van der Waals surface area contributed by atoms with Gasteiger partial charge in [-0.15, -0.1) is 0 Å². The van der Waals surface area contributed by atoms with Crippen molar-refractivity contribution in [2.75, 3.05) is 6.54 Å². The van der Waals surface area contributed by atoms with Crippen LogP contribution in [-0.2, 0) is 17.6 Å². The summed E-state index contributed by atoms with van der Waals surface area (Å²) in [6, 6.07) is 10.3. The zero-order valence-corrected chi connectivity index (χ0v) is 18.8. The van der Waals surface area contributed by atoms with E-state index in [1.807, 2.05) is 6.07 Å². The number of nitrogens with zero attached hydrogens (tertiary/aromatic N) is 3. The third-order valence-corrected chi connectivity index (χ3v) is 6.83. The summed E-state index contributed by atoms with van der Waals surface area (Å²) in [4.78, 5) is 19.4. The normalized spacial score (nSPS) is 24.0.